The van der Waals surface area contributed by atoms with E-state index < -0.39 is 5.97 Å². The van der Waals surface area contributed by atoms with Gasteiger partial charge in [-0.1, -0.05) is 67.6 Å². The molecule has 0 amide bonds. The minimum absolute atomic E-state index is 0.264. The van der Waals surface area contributed by atoms with Crippen LogP contribution in [0.5, 0.6) is 5.75 Å². The van der Waals surface area contributed by atoms with E-state index in [1.807, 2.05) is 66.7 Å². The maximum absolute atomic E-state index is 12.3. The average molecular weight is 383 g/mol. The number of para-hydroxylation sites is 1. The van der Waals surface area contributed by atoms with Crippen molar-refractivity contribution >= 4 is 17.9 Å². The van der Waals surface area contributed by atoms with Crippen molar-refractivity contribution in [2.24, 2.45) is 4.99 Å². The largest absolute Gasteiger partial charge is 0.493 e. The first-order chi connectivity index (χ1) is 14.2. The lowest BCUT2D eigenvalue weighted by molar-refractivity contribution is -0.129. The van der Waals surface area contributed by atoms with Crippen LogP contribution >= 0.6 is 0 Å². The fourth-order valence-electron chi connectivity index (χ4n) is 3.06. The highest BCUT2D eigenvalue weighted by Gasteiger charge is 2.24. The van der Waals surface area contributed by atoms with Gasteiger partial charge >= 0.3 is 5.97 Å². The first kappa shape index (κ1) is 18.7. The van der Waals surface area contributed by atoms with Crippen molar-refractivity contribution in [3.63, 3.8) is 0 Å². The summed E-state index contributed by atoms with van der Waals surface area (Å²) in [5.74, 6) is 0.579. The lowest BCUT2D eigenvalue weighted by atomic mass is 10.0. The fraction of sp³-hybridized carbons (Fsp3) is 0.120. The molecule has 0 bridgehead atoms. The maximum atomic E-state index is 12.3. The molecule has 0 aliphatic carbocycles. The number of benzene rings is 3. The zero-order valence-electron chi connectivity index (χ0n) is 16.2. The van der Waals surface area contributed by atoms with E-state index in [4.69, 9.17) is 9.47 Å². The highest BCUT2D eigenvalue weighted by molar-refractivity contribution is 6.13. The highest BCUT2D eigenvalue weighted by atomic mass is 16.6. The van der Waals surface area contributed by atoms with E-state index in [1.165, 1.54) is 0 Å². The van der Waals surface area contributed by atoms with Gasteiger partial charge in [-0.25, -0.2) is 9.79 Å². The quantitative estimate of drug-likeness (QED) is 0.418. The molecule has 0 aromatic heterocycles. The molecule has 144 valence electrons. The first-order valence-corrected chi connectivity index (χ1v) is 9.65. The van der Waals surface area contributed by atoms with Crippen molar-refractivity contribution < 1.29 is 14.3 Å². The molecule has 29 heavy (non-hydrogen) atoms. The van der Waals surface area contributed by atoms with E-state index in [-0.39, 0.29) is 5.70 Å². The van der Waals surface area contributed by atoms with Crippen LogP contribution in [0.25, 0.3) is 17.2 Å². The Hall–Kier alpha value is -3.66. The Morgan fingerprint density at radius 2 is 1.52 bits per heavy atom. The number of hydrogen-bond acceptors (Lipinski definition) is 4. The lowest BCUT2D eigenvalue weighted by Crippen LogP contribution is -2.05. The standard InChI is InChI=1S/C25H21NO3/c1-2-16-28-23-11-7-6-10-21(23)17-22-25(27)29-24(26-22)20-14-12-19(13-15-20)18-8-4-3-5-9-18/h3-15,17H,2,16H2,1H3/b22-17-. The van der Waals surface area contributed by atoms with Gasteiger partial charge in [0, 0.05) is 11.1 Å². The van der Waals surface area contributed by atoms with Gasteiger partial charge in [-0.05, 0) is 41.8 Å². The molecule has 3 aromatic carbocycles. The normalized spacial score (nSPS) is 14.6. The molecule has 3 aromatic rings. The summed E-state index contributed by atoms with van der Waals surface area (Å²) in [6.45, 7) is 2.67. The predicted octanol–water partition coefficient (Wildman–Crippen LogP) is 5.49. The van der Waals surface area contributed by atoms with E-state index in [9.17, 15) is 4.79 Å². The Morgan fingerprint density at radius 1 is 0.862 bits per heavy atom. The zero-order valence-corrected chi connectivity index (χ0v) is 16.2. The van der Waals surface area contributed by atoms with Gasteiger partial charge in [-0.2, -0.15) is 0 Å². The topological polar surface area (TPSA) is 47.9 Å². The molecule has 0 radical (unpaired) electrons. The van der Waals surface area contributed by atoms with Gasteiger partial charge in [-0.15, -0.1) is 0 Å². The lowest BCUT2D eigenvalue weighted by Gasteiger charge is -2.07. The summed E-state index contributed by atoms with van der Waals surface area (Å²) in [7, 11) is 0. The summed E-state index contributed by atoms with van der Waals surface area (Å²) in [4.78, 5) is 16.7. The van der Waals surface area contributed by atoms with E-state index in [0.29, 0.717) is 12.5 Å². The van der Waals surface area contributed by atoms with Gasteiger partial charge in [0.2, 0.25) is 5.90 Å². The third-order valence-electron chi connectivity index (χ3n) is 4.53. The molecule has 1 heterocycles. The van der Waals surface area contributed by atoms with Crippen LogP contribution in [0.4, 0.5) is 0 Å². The number of rotatable bonds is 6. The van der Waals surface area contributed by atoms with Crippen molar-refractivity contribution in [2.75, 3.05) is 6.61 Å². The average Bonchev–Trinajstić information content (AvgIpc) is 3.14. The minimum Gasteiger partial charge on any atom is -0.493 e. The molecular formula is C25H21NO3. The van der Waals surface area contributed by atoms with Crippen LogP contribution in [-0.2, 0) is 9.53 Å². The first-order valence-electron chi connectivity index (χ1n) is 9.65. The summed E-state index contributed by atoms with van der Waals surface area (Å²) in [5, 5.41) is 0. The van der Waals surface area contributed by atoms with Gasteiger partial charge in [0.1, 0.15) is 5.75 Å². The van der Waals surface area contributed by atoms with Crippen molar-refractivity contribution in [3.8, 4) is 16.9 Å². The number of nitrogens with zero attached hydrogens (tertiary/aromatic N) is 1. The second kappa shape index (κ2) is 8.57. The van der Waals surface area contributed by atoms with Gasteiger partial charge in [0.25, 0.3) is 0 Å². The van der Waals surface area contributed by atoms with E-state index in [2.05, 4.69) is 24.0 Å². The molecule has 0 saturated heterocycles. The van der Waals surface area contributed by atoms with Crippen molar-refractivity contribution in [1.82, 2.24) is 0 Å². The number of ether oxygens (including phenoxy) is 2. The second-order valence-electron chi connectivity index (χ2n) is 6.67. The summed E-state index contributed by atoms with van der Waals surface area (Å²) >= 11 is 0. The third-order valence-corrected chi connectivity index (χ3v) is 4.53. The number of hydrogen-bond donors (Lipinski definition) is 0. The van der Waals surface area contributed by atoms with Crippen LogP contribution < -0.4 is 4.74 Å². The number of esters is 1. The summed E-state index contributed by atoms with van der Waals surface area (Å²) in [5.41, 5.74) is 4.06. The van der Waals surface area contributed by atoms with Gasteiger partial charge < -0.3 is 9.47 Å². The molecule has 0 fully saturated rings. The zero-order chi connectivity index (χ0) is 20.1. The Balaban J connectivity index is 1.59. The predicted molar refractivity (Wildman–Crippen MR) is 115 cm³/mol. The van der Waals surface area contributed by atoms with Crippen LogP contribution in [0.15, 0.2) is 89.6 Å². The van der Waals surface area contributed by atoms with Gasteiger partial charge in [0.05, 0.1) is 6.61 Å². The highest BCUT2D eigenvalue weighted by Crippen LogP contribution is 2.26. The van der Waals surface area contributed by atoms with Crippen molar-refractivity contribution in [1.29, 1.82) is 0 Å². The third kappa shape index (κ3) is 4.27. The smallest absolute Gasteiger partial charge is 0.363 e. The van der Waals surface area contributed by atoms with Crippen LogP contribution in [0.3, 0.4) is 0 Å². The fourth-order valence-corrected chi connectivity index (χ4v) is 3.06. The van der Waals surface area contributed by atoms with Crippen molar-refractivity contribution in [2.45, 2.75) is 13.3 Å². The number of carbonyl (C=O) groups excluding carboxylic acids is 1. The molecule has 4 nitrogen and oxygen atoms in total. The van der Waals surface area contributed by atoms with Crippen LogP contribution in [0.2, 0.25) is 0 Å². The number of aliphatic imine (C=N–C) groups is 1. The minimum atomic E-state index is -0.461. The van der Waals surface area contributed by atoms with E-state index in [0.717, 1.165) is 34.4 Å². The molecule has 0 atom stereocenters. The van der Waals surface area contributed by atoms with Crippen LogP contribution in [-0.4, -0.2) is 18.5 Å². The van der Waals surface area contributed by atoms with Crippen LogP contribution in [0.1, 0.15) is 24.5 Å². The molecule has 0 spiro atoms. The summed E-state index contributed by atoms with van der Waals surface area (Å²) in [6, 6.07) is 25.5. The van der Waals surface area contributed by atoms with E-state index >= 15 is 0 Å². The van der Waals surface area contributed by atoms with E-state index in [1.54, 1.807) is 6.08 Å². The number of carbonyl (C=O) groups is 1. The molecule has 1 aliphatic rings. The van der Waals surface area contributed by atoms with Gasteiger partial charge in [-0.3, -0.25) is 0 Å². The molecule has 0 saturated carbocycles. The summed E-state index contributed by atoms with van der Waals surface area (Å²) in [6.07, 6.45) is 2.62. The molecular weight excluding hydrogens is 362 g/mol. The molecule has 1 aliphatic heterocycles. The summed E-state index contributed by atoms with van der Waals surface area (Å²) < 4.78 is 11.2. The Kier molecular flexibility index (Phi) is 5.52. The Labute approximate surface area is 170 Å². The molecule has 4 heteroatoms. The van der Waals surface area contributed by atoms with Gasteiger partial charge in [0.15, 0.2) is 5.70 Å². The Bertz CT molecular complexity index is 1070. The Morgan fingerprint density at radius 3 is 2.28 bits per heavy atom. The van der Waals surface area contributed by atoms with Crippen molar-refractivity contribution in [3.05, 3.63) is 95.7 Å². The molecule has 4 rings (SSSR count). The maximum Gasteiger partial charge on any atom is 0.363 e. The monoisotopic (exact) mass is 383 g/mol. The molecule has 0 N–H and O–H groups in total. The number of cyclic esters (lactones) is 1. The second-order valence-corrected chi connectivity index (χ2v) is 6.67. The van der Waals surface area contributed by atoms with Crippen LogP contribution in [0, 0.1) is 0 Å². The molecule has 0 unspecified atom stereocenters. The SMILES string of the molecule is CCCOc1ccccc1/C=C1\N=C(c2ccc(-c3ccccc3)cc2)OC1=O.